The number of rotatable bonds is 3. The predicted molar refractivity (Wildman–Crippen MR) is 61.7 cm³/mol. The van der Waals surface area contributed by atoms with Gasteiger partial charge in [-0.1, -0.05) is 30.3 Å². The number of urea groups is 1. The first-order chi connectivity index (χ1) is 7.09. The molecular formula is C12H18N2O. The van der Waals surface area contributed by atoms with Crippen LogP contribution in [0.2, 0.25) is 0 Å². The molecule has 0 aliphatic rings. The molecular weight excluding hydrogens is 188 g/mol. The lowest BCUT2D eigenvalue weighted by Crippen LogP contribution is -2.40. The van der Waals surface area contributed by atoms with Crippen LogP contribution in [0, 0.1) is 0 Å². The first-order valence-electron chi connectivity index (χ1n) is 5.21. The quantitative estimate of drug-likeness (QED) is 0.783. The lowest BCUT2D eigenvalue weighted by molar-refractivity contribution is 0.235. The number of amides is 2. The molecule has 1 atom stereocenters. The molecule has 2 N–H and O–H groups in total. The van der Waals surface area contributed by atoms with E-state index in [2.05, 4.69) is 10.6 Å². The molecule has 1 aromatic rings. The van der Waals surface area contributed by atoms with Gasteiger partial charge in [0.15, 0.2) is 0 Å². The van der Waals surface area contributed by atoms with E-state index in [0.717, 1.165) is 5.56 Å². The molecule has 0 aliphatic heterocycles. The van der Waals surface area contributed by atoms with Gasteiger partial charge in [-0.05, 0) is 26.3 Å². The van der Waals surface area contributed by atoms with Crippen molar-refractivity contribution in [2.24, 2.45) is 0 Å². The summed E-state index contributed by atoms with van der Waals surface area (Å²) in [4.78, 5) is 11.4. The van der Waals surface area contributed by atoms with Gasteiger partial charge in [-0.3, -0.25) is 0 Å². The van der Waals surface area contributed by atoms with Gasteiger partial charge in [0.05, 0.1) is 6.04 Å². The van der Waals surface area contributed by atoms with E-state index >= 15 is 0 Å². The van der Waals surface area contributed by atoms with E-state index in [4.69, 9.17) is 0 Å². The summed E-state index contributed by atoms with van der Waals surface area (Å²) < 4.78 is 0. The van der Waals surface area contributed by atoms with Crippen molar-refractivity contribution in [2.45, 2.75) is 32.9 Å². The first kappa shape index (κ1) is 11.6. The molecule has 1 aromatic carbocycles. The minimum atomic E-state index is -0.124. The summed E-state index contributed by atoms with van der Waals surface area (Å²) in [7, 11) is 0. The van der Waals surface area contributed by atoms with E-state index in [0.29, 0.717) is 0 Å². The average molecular weight is 206 g/mol. The Morgan fingerprint density at radius 2 is 1.67 bits per heavy atom. The van der Waals surface area contributed by atoms with Crippen molar-refractivity contribution in [1.82, 2.24) is 10.6 Å². The maximum Gasteiger partial charge on any atom is 0.315 e. The summed E-state index contributed by atoms with van der Waals surface area (Å²) in [6.45, 7) is 5.84. The highest BCUT2D eigenvalue weighted by Crippen LogP contribution is 2.10. The van der Waals surface area contributed by atoms with Gasteiger partial charge in [-0.2, -0.15) is 0 Å². The summed E-state index contributed by atoms with van der Waals surface area (Å²) in [5, 5.41) is 5.67. The van der Waals surface area contributed by atoms with E-state index in [1.165, 1.54) is 0 Å². The summed E-state index contributed by atoms with van der Waals surface area (Å²) in [5.74, 6) is 0. The number of hydrogen-bond acceptors (Lipinski definition) is 1. The molecule has 15 heavy (non-hydrogen) atoms. The number of benzene rings is 1. The van der Waals surface area contributed by atoms with Crippen LogP contribution in [0.3, 0.4) is 0 Å². The number of carbonyl (C=O) groups excluding carboxylic acids is 1. The van der Waals surface area contributed by atoms with Crippen LogP contribution in [0.4, 0.5) is 4.79 Å². The van der Waals surface area contributed by atoms with Crippen LogP contribution in [-0.2, 0) is 0 Å². The van der Waals surface area contributed by atoms with Crippen molar-refractivity contribution in [2.75, 3.05) is 0 Å². The highest BCUT2D eigenvalue weighted by Gasteiger charge is 2.08. The third-order valence-corrected chi connectivity index (χ3v) is 2.07. The Kier molecular flexibility index (Phi) is 4.16. The van der Waals surface area contributed by atoms with E-state index < -0.39 is 0 Å². The van der Waals surface area contributed by atoms with E-state index in [-0.39, 0.29) is 18.1 Å². The molecule has 0 spiro atoms. The van der Waals surface area contributed by atoms with Gasteiger partial charge in [0, 0.05) is 6.04 Å². The molecule has 0 heterocycles. The zero-order valence-electron chi connectivity index (χ0n) is 9.45. The molecule has 0 bridgehead atoms. The predicted octanol–water partition coefficient (Wildman–Crippen LogP) is 2.46. The Morgan fingerprint density at radius 3 is 2.20 bits per heavy atom. The standard InChI is InChI=1S/C12H18N2O/c1-9(2)13-12(15)14-10(3)11-7-5-4-6-8-11/h4-10H,1-3H3,(H2,13,14,15)/t10-/m1/s1. The summed E-state index contributed by atoms with van der Waals surface area (Å²) in [6, 6.07) is 9.96. The van der Waals surface area contributed by atoms with Crippen LogP contribution in [0.1, 0.15) is 32.4 Å². The smallest absolute Gasteiger partial charge is 0.315 e. The Labute approximate surface area is 90.9 Å². The first-order valence-corrected chi connectivity index (χ1v) is 5.21. The van der Waals surface area contributed by atoms with Crippen LogP contribution in [0.15, 0.2) is 30.3 Å². The number of carbonyl (C=O) groups is 1. The Morgan fingerprint density at radius 1 is 1.07 bits per heavy atom. The molecule has 0 saturated carbocycles. The molecule has 0 saturated heterocycles. The third-order valence-electron chi connectivity index (χ3n) is 2.07. The molecule has 0 unspecified atom stereocenters. The SMILES string of the molecule is CC(C)NC(=O)N[C@H](C)c1ccccc1. The molecule has 3 heteroatoms. The normalized spacial score (nSPS) is 12.3. The lowest BCUT2D eigenvalue weighted by Gasteiger charge is -2.16. The summed E-state index contributed by atoms with van der Waals surface area (Å²) in [5.41, 5.74) is 1.11. The Bertz CT molecular complexity index is 309. The fourth-order valence-electron chi connectivity index (χ4n) is 1.33. The van der Waals surface area contributed by atoms with Crippen LogP contribution in [-0.4, -0.2) is 12.1 Å². The van der Waals surface area contributed by atoms with Gasteiger partial charge in [-0.15, -0.1) is 0 Å². The second kappa shape index (κ2) is 5.39. The van der Waals surface area contributed by atoms with Crippen molar-refractivity contribution in [3.63, 3.8) is 0 Å². The second-order valence-corrected chi connectivity index (χ2v) is 3.90. The van der Waals surface area contributed by atoms with Gasteiger partial charge < -0.3 is 10.6 Å². The van der Waals surface area contributed by atoms with Crippen molar-refractivity contribution >= 4 is 6.03 Å². The van der Waals surface area contributed by atoms with Gasteiger partial charge in [0.1, 0.15) is 0 Å². The van der Waals surface area contributed by atoms with Crippen molar-refractivity contribution in [3.8, 4) is 0 Å². The third kappa shape index (κ3) is 4.02. The summed E-state index contributed by atoms with van der Waals surface area (Å²) in [6.07, 6.45) is 0. The molecule has 0 aliphatic carbocycles. The van der Waals surface area contributed by atoms with Gasteiger partial charge in [0.2, 0.25) is 0 Å². The maximum absolute atomic E-state index is 11.4. The van der Waals surface area contributed by atoms with E-state index in [9.17, 15) is 4.79 Å². The summed E-state index contributed by atoms with van der Waals surface area (Å²) >= 11 is 0. The van der Waals surface area contributed by atoms with Gasteiger partial charge in [0.25, 0.3) is 0 Å². The minimum Gasteiger partial charge on any atom is -0.336 e. The maximum atomic E-state index is 11.4. The number of nitrogens with one attached hydrogen (secondary N) is 2. The van der Waals surface area contributed by atoms with Crippen LogP contribution >= 0.6 is 0 Å². The molecule has 2 amide bonds. The minimum absolute atomic E-state index is 0.0324. The fraction of sp³-hybridized carbons (Fsp3) is 0.417. The molecule has 0 radical (unpaired) electrons. The monoisotopic (exact) mass is 206 g/mol. The van der Waals surface area contributed by atoms with Crippen molar-refractivity contribution in [1.29, 1.82) is 0 Å². The van der Waals surface area contributed by atoms with E-state index in [1.807, 2.05) is 51.1 Å². The highest BCUT2D eigenvalue weighted by atomic mass is 16.2. The van der Waals surface area contributed by atoms with Crippen molar-refractivity contribution < 1.29 is 4.79 Å². The Hall–Kier alpha value is -1.51. The molecule has 82 valence electrons. The zero-order chi connectivity index (χ0) is 11.3. The molecule has 0 fully saturated rings. The van der Waals surface area contributed by atoms with Crippen LogP contribution in [0.5, 0.6) is 0 Å². The average Bonchev–Trinajstić information content (AvgIpc) is 2.17. The van der Waals surface area contributed by atoms with Crippen molar-refractivity contribution in [3.05, 3.63) is 35.9 Å². The van der Waals surface area contributed by atoms with Crippen LogP contribution in [0.25, 0.3) is 0 Å². The zero-order valence-corrected chi connectivity index (χ0v) is 9.45. The lowest BCUT2D eigenvalue weighted by atomic mass is 10.1. The van der Waals surface area contributed by atoms with Gasteiger partial charge >= 0.3 is 6.03 Å². The largest absolute Gasteiger partial charge is 0.336 e. The van der Waals surface area contributed by atoms with Gasteiger partial charge in [-0.25, -0.2) is 4.79 Å². The Balaban J connectivity index is 2.49. The molecule has 0 aromatic heterocycles. The molecule has 3 nitrogen and oxygen atoms in total. The highest BCUT2D eigenvalue weighted by molar-refractivity contribution is 5.74. The fourth-order valence-corrected chi connectivity index (χ4v) is 1.33. The van der Waals surface area contributed by atoms with Crippen LogP contribution < -0.4 is 10.6 Å². The second-order valence-electron chi connectivity index (χ2n) is 3.90. The van der Waals surface area contributed by atoms with E-state index in [1.54, 1.807) is 0 Å². The number of hydrogen-bond donors (Lipinski definition) is 2. The topological polar surface area (TPSA) is 41.1 Å². The molecule has 1 rings (SSSR count).